The smallest absolute Gasteiger partial charge is 0.0618 e. The van der Waals surface area contributed by atoms with Crippen molar-refractivity contribution in [3.63, 3.8) is 0 Å². The standard InChI is InChI=1S/C12H21NO2/c14-11(15)12(7-3-1-4-8-12)13-9-5-2-6-10-13/h1-10H2,(H,14,15)/p-1. The molecule has 1 heterocycles. The number of carbonyl (C=O) groups excluding carboxylic acids is 1. The van der Waals surface area contributed by atoms with Crippen molar-refractivity contribution in [2.24, 2.45) is 0 Å². The molecule has 0 atom stereocenters. The van der Waals surface area contributed by atoms with Gasteiger partial charge in [-0.25, -0.2) is 0 Å². The summed E-state index contributed by atoms with van der Waals surface area (Å²) in [5.41, 5.74) is -0.612. The van der Waals surface area contributed by atoms with Crippen LogP contribution < -0.4 is 5.11 Å². The molecular weight excluding hydrogens is 190 g/mol. The summed E-state index contributed by atoms with van der Waals surface area (Å²) in [5, 5.41) is 11.4. The van der Waals surface area contributed by atoms with Crippen LogP contribution in [0.3, 0.4) is 0 Å². The summed E-state index contributed by atoms with van der Waals surface area (Å²) in [6, 6.07) is 0. The van der Waals surface area contributed by atoms with Gasteiger partial charge in [0.2, 0.25) is 0 Å². The molecule has 2 rings (SSSR count). The number of hydrogen-bond acceptors (Lipinski definition) is 3. The summed E-state index contributed by atoms with van der Waals surface area (Å²) in [4.78, 5) is 13.6. The van der Waals surface area contributed by atoms with Crippen LogP contribution in [0.2, 0.25) is 0 Å². The number of likely N-dealkylation sites (tertiary alicyclic amines) is 1. The van der Waals surface area contributed by atoms with Crippen molar-refractivity contribution in [2.45, 2.75) is 56.9 Å². The van der Waals surface area contributed by atoms with E-state index in [0.29, 0.717) is 0 Å². The number of rotatable bonds is 2. The van der Waals surface area contributed by atoms with Gasteiger partial charge in [-0.3, -0.25) is 4.90 Å². The average Bonchev–Trinajstić information content (AvgIpc) is 2.31. The monoisotopic (exact) mass is 210 g/mol. The number of nitrogens with zero attached hydrogens (tertiary/aromatic N) is 1. The summed E-state index contributed by atoms with van der Waals surface area (Å²) in [6.45, 7) is 1.90. The maximum absolute atomic E-state index is 11.4. The predicted octanol–water partition coefficient (Wildman–Crippen LogP) is 0.925. The molecule has 0 amide bonds. The quantitative estimate of drug-likeness (QED) is 0.681. The highest BCUT2D eigenvalue weighted by molar-refractivity contribution is 5.76. The maximum Gasteiger partial charge on any atom is 0.0618 e. The van der Waals surface area contributed by atoms with Crippen molar-refractivity contribution < 1.29 is 9.90 Å². The largest absolute Gasteiger partial charge is 0.548 e. The summed E-state index contributed by atoms with van der Waals surface area (Å²) < 4.78 is 0. The van der Waals surface area contributed by atoms with Crippen molar-refractivity contribution in [3.05, 3.63) is 0 Å². The lowest BCUT2D eigenvalue weighted by Crippen LogP contribution is -2.62. The Kier molecular flexibility index (Phi) is 3.29. The molecule has 1 saturated carbocycles. The molecule has 2 fully saturated rings. The van der Waals surface area contributed by atoms with E-state index in [2.05, 4.69) is 4.90 Å². The van der Waals surface area contributed by atoms with Gasteiger partial charge in [0.1, 0.15) is 0 Å². The molecular formula is C12H20NO2-. The Morgan fingerprint density at radius 2 is 1.47 bits per heavy atom. The molecule has 0 radical (unpaired) electrons. The van der Waals surface area contributed by atoms with E-state index < -0.39 is 11.5 Å². The third-order valence-corrected chi connectivity index (χ3v) is 4.02. The van der Waals surface area contributed by atoms with Crippen molar-refractivity contribution in [2.75, 3.05) is 13.1 Å². The molecule has 0 bridgehead atoms. The van der Waals surface area contributed by atoms with Crippen LogP contribution in [0.1, 0.15) is 51.4 Å². The summed E-state index contributed by atoms with van der Waals surface area (Å²) >= 11 is 0. The minimum atomic E-state index is -0.830. The van der Waals surface area contributed by atoms with Crippen LogP contribution in [0.25, 0.3) is 0 Å². The van der Waals surface area contributed by atoms with E-state index >= 15 is 0 Å². The Balaban J connectivity index is 2.12. The molecule has 3 heteroatoms. The molecule has 0 aromatic heterocycles. The van der Waals surface area contributed by atoms with Gasteiger partial charge in [-0.2, -0.15) is 0 Å². The van der Waals surface area contributed by atoms with Crippen molar-refractivity contribution in [1.29, 1.82) is 0 Å². The number of hydrogen-bond donors (Lipinski definition) is 0. The van der Waals surface area contributed by atoms with Crippen LogP contribution in [-0.4, -0.2) is 29.5 Å². The highest BCUT2D eigenvalue weighted by atomic mass is 16.4. The van der Waals surface area contributed by atoms with E-state index in [9.17, 15) is 9.90 Å². The Morgan fingerprint density at radius 3 is 2.00 bits per heavy atom. The minimum absolute atomic E-state index is 0.612. The van der Waals surface area contributed by atoms with Gasteiger partial charge in [0, 0.05) is 0 Å². The molecule has 3 nitrogen and oxygen atoms in total. The topological polar surface area (TPSA) is 43.4 Å². The van der Waals surface area contributed by atoms with E-state index in [4.69, 9.17) is 0 Å². The zero-order valence-electron chi connectivity index (χ0n) is 9.33. The number of carboxylic acid groups (broad SMARTS) is 1. The Labute approximate surface area is 91.5 Å². The molecule has 86 valence electrons. The van der Waals surface area contributed by atoms with Crippen LogP contribution >= 0.6 is 0 Å². The first-order chi connectivity index (χ1) is 7.26. The highest BCUT2D eigenvalue weighted by Gasteiger charge is 2.39. The Morgan fingerprint density at radius 1 is 0.933 bits per heavy atom. The third-order valence-electron chi connectivity index (χ3n) is 4.02. The van der Waals surface area contributed by atoms with Crippen LogP contribution in [0.4, 0.5) is 0 Å². The van der Waals surface area contributed by atoms with Crippen molar-refractivity contribution in [1.82, 2.24) is 4.90 Å². The number of carboxylic acids is 1. The predicted molar refractivity (Wildman–Crippen MR) is 56.2 cm³/mol. The van der Waals surface area contributed by atoms with Gasteiger partial charge in [-0.05, 0) is 38.8 Å². The number of aliphatic carboxylic acids is 1. The average molecular weight is 210 g/mol. The third kappa shape index (κ3) is 2.03. The first kappa shape index (κ1) is 10.9. The molecule has 1 aliphatic heterocycles. The number of carbonyl (C=O) groups is 1. The van der Waals surface area contributed by atoms with Crippen LogP contribution in [-0.2, 0) is 4.79 Å². The zero-order valence-corrected chi connectivity index (χ0v) is 9.33. The lowest BCUT2D eigenvalue weighted by atomic mass is 9.79. The van der Waals surface area contributed by atoms with E-state index in [1.54, 1.807) is 0 Å². The molecule has 2 aliphatic rings. The second-order valence-corrected chi connectivity index (χ2v) is 4.93. The Bertz CT molecular complexity index is 228. The number of piperidine rings is 1. The van der Waals surface area contributed by atoms with Gasteiger partial charge in [0.05, 0.1) is 11.5 Å². The van der Waals surface area contributed by atoms with Crippen LogP contribution in [0.5, 0.6) is 0 Å². The first-order valence-corrected chi connectivity index (χ1v) is 6.22. The lowest BCUT2D eigenvalue weighted by Gasteiger charge is -2.48. The van der Waals surface area contributed by atoms with Gasteiger partial charge >= 0.3 is 0 Å². The lowest BCUT2D eigenvalue weighted by molar-refractivity contribution is -0.321. The van der Waals surface area contributed by atoms with E-state index in [-0.39, 0.29) is 0 Å². The van der Waals surface area contributed by atoms with Gasteiger partial charge < -0.3 is 9.90 Å². The van der Waals surface area contributed by atoms with Gasteiger partial charge in [0.15, 0.2) is 0 Å². The molecule has 0 unspecified atom stereocenters. The molecule has 0 spiro atoms. The second-order valence-electron chi connectivity index (χ2n) is 4.93. The van der Waals surface area contributed by atoms with Crippen molar-refractivity contribution >= 4 is 5.97 Å². The fourth-order valence-corrected chi connectivity index (χ4v) is 3.11. The summed E-state index contributed by atoms with van der Waals surface area (Å²) in [7, 11) is 0. The van der Waals surface area contributed by atoms with Gasteiger partial charge in [0.25, 0.3) is 0 Å². The second kappa shape index (κ2) is 4.52. The molecule has 0 aromatic carbocycles. The zero-order chi connectivity index (χ0) is 10.7. The summed E-state index contributed by atoms with van der Waals surface area (Å²) in [5.74, 6) is -0.830. The Hall–Kier alpha value is -0.570. The first-order valence-electron chi connectivity index (χ1n) is 6.22. The maximum atomic E-state index is 11.4. The molecule has 1 aliphatic carbocycles. The van der Waals surface area contributed by atoms with Gasteiger partial charge in [-0.15, -0.1) is 0 Å². The molecule has 0 aromatic rings. The minimum Gasteiger partial charge on any atom is -0.548 e. The fraction of sp³-hybridized carbons (Fsp3) is 0.917. The fourth-order valence-electron chi connectivity index (χ4n) is 3.11. The SMILES string of the molecule is O=C([O-])C1(N2CCCCC2)CCCCC1. The van der Waals surface area contributed by atoms with E-state index in [0.717, 1.165) is 51.6 Å². The molecule has 15 heavy (non-hydrogen) atoms. The van der Waals surface area contributed by atoms with E-state index in [1.165, 1.54) is 12.8 Å². The van der Waals surface area contributed by atoms with Crippen molar-refractivity contribution in [3.8, 4) is 0 Å². The van der Waals surface area contributed by atoms with Crippen LogP contribution in [0.15, 0.2) is 0 Å². The molecule has 0 N–H and O–H groups in total. The highest BCUT2D eigenvalue weighted by Crippen LogP contribution is 2.35. The van der Waals surface area contributed by atoms with Gasteiger partial charge in [-0.1, -0.05) is 25.7 Å². The molecule has 1 saturated heterocycles. The summed E-state index contributed by atoms with van der Waals surface area (Å²) in [6.07, 6.45) is 8.42. The van der Waals surface area contributed by atoms with E-state index in [1.807, 2.05) is 0 Å². The van der Waals surface area contributed by atoms with Crippen LogP contribution in [0, 0.1) is 0 Å². The normalized spacial score (nSPS) is 27.5.